The van der Waals surface area contributed by atoms with E-state index in [4.69, 9.17) is 87.9 Å². The quantitative estimate of drug-likeness (QED) is 0.00747. The number of nitrogens with two attached hydrogens (primary N) is 1. The van der Waals surface area contributed by atoms with Gasteiger partial charge in [-0.05, 0) is 321 Å². The zero-order chi connectivity index (χ0) is 110. The molecule has 35 nitrogen and oxygen atoms in total. The second kappa shape index (κ2) is 63.5. The van der Waals surface area contributed by atoms with Crippen molar-refractivity contribution in [1.29, 1.82) is 3.84 Å². The number of hydrogen-bond acceptors (Lipinski definition) is 25. The Morgan fingerprint density at radius 1 is 0.390 bits per heavy atom. The summed E-state index contributed by atoms with van der Waals surface area (Å²) < 4.78 is 87.7. The number of halogens is 1. The molecular weight excluding hydrogens is 1860 g/mol. The van der Waals surface area contributed by atoms with E-state index in [1.165, 1.54) is 11.1 Å². The number of carbonyl (C=O) groups excluding carboxylic acids is 10. The number of alkyl carbamates (subject to hydrolysis) is 6. The Balaban J connectivity index is 0.000000919. The van der Waals surface area contributed by atoms with Crippen LogP contribution in [0.25, 0.3) is 11.1 Å². The van der Waals surface area contributed by atoms with Crippen LogP contribution in [0.1, 0.15) is 259 Å². The first-order valence-electron chi connectivity index (χ1n) is 49.0. The Labute approximate surface area is 848 Å². The van der Waals surface area contributed by atoms with Gasteiger partial charge >= 0.3 is 48.0 Å². The summed E-state index contributed by atoms with van der Waals surface area (Å²) in [6, 6.07) is 13.2. The van der Waals surface area contributed by atoms with Crippen LogP contribution in [0.4, 0.5) is 33.6 Å². The lowest BCUT2D eigenvalue weighted by Gasteiger charge is -2.24. The third-order valence-corrected chi connectivity index (χ3v) is 22.1. The predicted octanol–water partition coefficient (Wildman–Crippen LogP) is 17.7. The van der Waals surface area contributed by atoms with Gasteiger partial charge in [0.25, 0.3) is 0 Å². The van der Waals surface area contributed by atoms with Gasteiger partial charge in [-0.3, -0.25) is 14.4 Å². The first-order chi connectivity index (χ1) is 67.2. The fourth-order valence-electron chi connectivity index (χ4n) is 15.3. The van der Waals surface area contributed by atoms with Crippen molar-refractivity contribution in [3.8, 4) is 45.6 Å². The number of carbonyl (C=O) groups is 11. The van der Waals surface area contributed by atoms with Crippen molar-refractivity contribution < 1.29 is 119 Å². The molecule has 0 radical (unpaired) electrons. The minimum atomic E-state index is -1.87. The van der Waals surface area contributed by atoms with E-state index >= 15 is 0 Å². The van der Waals surface area contributed by atoms with Crippen LogP contribution >= 0.6 is 21.3 Å². The molecule has 0 saturated carbocycles. The van der Waals surface area contributed by atoms with Gasteiger partial charge in [0.1, 0.15) is 76.0 Å². The highest BCUT2D eigenvalue weighted by atomic mass is 35.5. The molecule has 0 unspecified atom stereocenters. The molecule has 12 N–H and O–H groups in total. The van der Waals surface area contributed by atoms with Crippen molar-refractivity contribution in [3.63, 3.8) is 0 Å². The third kappa shape index (κ3) is 45.6. The number of nitrogens with one attached hydrogen (secondary N) is 9. The van der Waals surface area contributed by atoms with Crippen LogP contribution in [0.2, 0.25) is 0 Å². The van der Waals surface area contributed by atoms with Gasteiger partial charge in [-0.1, -0.05) is 62.4 Å². The van der Waals surface area contributed by atoms with Crippen molar-refractivity contribution in [3.05, 3.63) is 126 Å². The maximum Gasteiger partial charge on any atom is 0.408 e. The predicted molar refractivity (Wildman–Crippen MR) is 554 cm³/mol. The van der Waals surface area contributed by atoms with Crippen LogP contribution in [-0.2, 0) is 71.6 Å². The molecule has 0 aromatic heterocycles. The van der Waals surface area contributed by atoms with Gasteiger partial charge in [-0.15, -0.1) is 0 Å². The van der Waals surface area contributed by atoms with Gasteiger partial charge in [-0.25, -0.2) is 38.4 Å². The summed E-state index contributed by atoms with van der Waals surface area (Å²) in [6.07, 6.45) is 3.21. The van der Waals surface area contributed by atoms with Crippen LogP contribution in [-0.4, -0.2) is 222 Å². The number of ether oxygens (including phenoxy) is 13. The van der Waals surface area contributed by atoms with Crippen molar-refractivity contribution in [2.75, 3.05) is 88.7 Å². The first-order valence-corrected chi connectivity index (χ1v) is 48.1. The van der Waals surface area contributed by atoms with E-state index in [1.54, 1.807) is 119 Å². The zero-order valence-corrected chi connectivity index (χ0v) is 91.0. The Bertz CT molecular complexity index is 4880. The second-order valence-corrected chi connectivity index (χ2v) is 38.5. The largest absolute Gasteiger partial charge is 0.496 e. The van der Waals surface area contributed by atoms with Crippen molar-refractivity contribution >= 4 is 87.0 Å². The van der Waals surface area contributed by atoms with Crippen LogP contribution in [0.3, 0.4) is 0 Å². The second-order valence-electron chi connectivity index (χ2n) is 38.2. The first kappa shape index (κ1) is 122. The molecule has 0 saturated heterocycles. The van der Waals surface area contributed by atoms with Crippen molar-refractivity contribution in [1.82, 2.24) is 47.9 Å². The van der Waals surface area contributed by atoms with E-state index in [0.29, 0.717) is 103 Å². The van der Waals surface area contributed by atoms with E-state index in [2.05, 4.69) is 72.1 Å². The van der Waals surface area contributed by atoms with E-state index in [1.807, 2.05) is 128 Å². The Hall–Kier alpha value is -11.4. The van der Waals surface area contributed by atoms with Crippen LogP contribution < -0.4 is 82.0 Å². The summed E-state index contributed by atoms with van der Waals surface area (Å²) in [7, 11) is 8.11. The molecule has 794 valence electrons. The summed E-state index contributed by atoms with van der Waals surface area (Å²) in [5, 5.41) is 32.9. The Kier molecular flexibility index (Phi) is 54.8. The third-order valence-electron chi connectivity index (χ3n) is 22.0. The van der Waals surface area contributed by atoms with E-state index in [0.717, 1.165) is 119 Å². The molecule has 0 aliphatic heterocycles. The summed E-state index contributed by atoms with van der Waals surface area (Å²) >= 11 is 5.14. The number of aliphatic carboxylic acids is 1. The topological polar surface area (TPSA) is 462 Å². The van der Waals surface area contributed by atoms with E-state index < -0.39 is 98.7 Å². The average molecular weight is 2030 g/mol. The maximum absolute atomic E-state index is 12.5. The zero-order valence-electron chi connectivity index (χ0n) is 92.4. The maximum atomic E-state index is 12.5. The Morgan fingerprint density at radius 3 is 0.965 bits per heavy atom. The number of rotatable bonds is 43. The lowest BCUT2D eigenvalue weighted by molar-refractivity contribution is -0.140. The fourth-order valence-corrected chi connectivity index (χ4v) is 15.4. The lowest BCUT2D eigenvalue weighted by atomic mass is 9.94. The highest BCUT2D eigenvalue weighted by Crippen LogP contribution is 2.46. The molecule has 1 aliphatic carbocycles. The SMILES string of the molecule is CC(C)NC(=O)[C@H](CCCNC(=O)OCC1c2ccccc2-c2ccccc21)NC(=O)OC(C)(C)C.CC(C)[C@H](NC(=O)OC(C)(C)C)C(=O)O.COc1c(C)c(C)c(OC)c(CCCOC(=O)Cl)c1C.COc1c(C)c(C)c(OC)c(CCCOC(=O)NCCC[C@H](N)C(=O)NC(C)C)c1C.COc1c(C)c(C)c(OC)c(CCCOC(=O)NCCC[C@H](NC(=O)OC(C)(C)C)C(=O)NC(C)C)c1C.[3H]P([3H])[3H]. The molecule has 0 bridgehead atoms. The van der Waals surface area contributed by atoms with Crippen molar-refractivity contribution in [2.24, 2.45) is 11.7 Å². The van der Waals surface area contributed by atoms with Gasteiger partial charge in [-0.2, -0.15) is 9.73 Å². The number of carboxylic acid groups (broad SMARTS) is 1. The van der Waals surface area contributed by atoms with Gasteiger partial charge < -0.3 is 120 Å². The molecule has 141 heavy (non-hydrogen) atoms. The van der Waals surface area contributed by atoms with E-state index in [9.17, 15) is 52.7 Å². The monoisotopic (exact) mass is 2030 g/mol. The molecule has 1 aliphatic rings. The lowest BCUT2D eigenvalue weighted by Crippen LogP contribution is -2.49. The Morgan fingerprint density at radius 2 is 0.674 bits per heavy atom. The molecule has 4 atom stereocenters. The number of carboxylic acids is 1. The number of amides is 9. The number of hydrogen-bond donors (Lipinski definition) is 11. The highest BCUT2D eigenvalue weighted by molar-refractivity contribution is 6.92. The van der Waals surface area contributed by atoms with Crippen LogP contribution in [0, 0.1) is 68.2 Å². The molecule has 5 aromatic rings. The summed E-state index contributed by atoms with van der Waals surface area (Å²) in [5.41, 5.74) is 20.4. The van der Waals surface area contributed by atoms with Crippen LogP contribution in [0.5, 0.6) is 34.5 Å². The van der Waals surface area contributed by atoms with E-state index in [-0.39, 0.29) is 60.9 Å². The summed E-state index contributed by atoms with van der Waals surface area (Å²) in [6.45, 7) is 50.4. The molecule has 0 heterocycles. The number of fused-ring (bicyclic) bond motifs is 3. The van der Waals surface area contributed by atoms with Gasteiger partial charge in [0.15, 0.2) is 0 Å². The normalized spacial score (nSPS) is 12.4. The minimum Gasteiger partial charge on any atom is -0.496 e. The standard InChI is InChI=1S/C28H47N3O7.C28H37N3O5.C23H39N3O5.C15H21ClO4.C10H19NO4.H3P/c1-17(2)30-25(32)22(31-27(34)38-28(6,7)8)14-11-15-29-26(33)37-16-12-13-21-20(5)23(35-9)18(3)19(4)24(21)36-10;1-18(2)30-25(32)24(31-27(34)36-28(3,4)5)15-10-16-29-26(33)35-17-23-21-13-8-6-11-19(21)20-12-7-9-14-22(20)23;1-14(2)26-22(27)19(24)11-8-12-25-23(28)31-13-9-10-18-17(5)20(29-6)15(3)16(4)21(18)30-7;1-9-10(2)14(19-5)12(11(3)13(9)18-4)7-6-8-20-15(16)17;1-6(2)7(8(12)13)11-9(14)15-10(3,4)5;/h17,22H,11-16H2,1-10H3,(H,29,33)(H,30,32)(H,31,34);6-9,11-14,18,23-24H,10,15-17H2,1-5H3,(H,29,33)(H,30,32)(H,31,34);14,19H,8-13,24H2,1-7H3,(H,25,28)(H,26,27);6-8H2,1-5H3;6-7H,1-5H3,(H,11,14)(H,12,13);1H3/t22-;24-;19-;;7-;/m000.0./s1/i;;;;;1T3. The average Bonchev–Trinajstić information content (AvgIpc) is 1.59. The number of methoxy groups -OCH3 is 6. The van der Waals surface area contributed by atoms with Crippen molar-refractivity contribution in [2.45, 2.75) is 322 Å². The minimum absolute atomic E-state index is 0.00899. The fraction of sp³-hybridized carbons (Fsp3) is 0.606. The summed E-state index contributed by atoms with van der Waals surface area (Å²) in [5.74, 6) is 3.14. The molecule has 5 aromatic carbocycles. The smallest absolute Gasteiger partial charge is 0.408 e. The van der Waals surface area contributed by atoms with Gasteiger partial charge in [0.05, 0.1) is 72.4 Å². The molecular formula is C104H166ClN10O25P. The molecule has 6 rings (SSSR count). The molecule has 37 heteroatoms. The molecule has 0 spiro atoms. The number of benzene rings is 5. The van der Waals surface area contributed by atoms with Gasteiger partial charge in [0.2, 0.25) is 17.7 Å². The summed E-state index contributed by atoms with van der Waals surface area (Å²) in [4.78, 5) is 130. The molecule has 9 amide bonds. The molecule has 0 fully saturated rings. The highest BCUT2D eigenvalue weighted by Gasteiger charge is 2.33. The van der Waals surface area contributed by atoms with Gasteiger partial charge in [0, 0.05) is 72.0 Å². The van der Waals surface area contributed by atoms with Crippen LogP contribution in [0.15, 0.2) is 48.5 Å².